The summed E-state index contributed by atoms with van der Waals surface area (Å²) in [7, 11) is 0. The fourth-order valence-electron chi connectivity index (χ4n) is 4.32. The lowest BCUT2D eigenvalue weighted by Crippen LogP contribution is -2.44. The quantitative estimate of drug-likeness (QED) is 0.171. The summed E-state index contributed by atoms with van der Waals surface area (Å²) in [5, 5.41) is 18.2. The number of rotatable bonds is 13. The Bertz CT molecular complexity index is 1540. The minimum atomic E-state index is -0.943. The van der Waals surface area contributed by atoms with Gasteiger partial charge in [0.1, 0.15) is 12.6 Å². The number of carboxylic acids is 1. The highest BCUT2D eigenvalue weighted by atomic mass is 16.5. The van der Waals surface area contributed by atoms with Gasteiger partial charge in [0.15, 0.2) is 0 Å². The lowest BCUT2D eigenvalue weighted by molar-refractivity contribution is -0.137. The molecule has 3 amide bonds. The van der Waals surface area contributed by atoms with Crippen molar-refractivity contribution in [3.05, 3.63) is 108 Å². The van der Waals surface area contributed by atoms with Crippen LogP contribution in [0.3, 0.4) is 0 Å². The number of nitrogens with zero attached hydrogens (tertiary/aromatic N) is 1. The van der Waals surface area contributed by atoms with Gasteiger partial charge in [-0.15, -0.1) is 0 Å². The molecule has 0 saturated carbocycles. The van der Waals surface area contributed by atoms with Crippen molar-refractivity contribution in [3.8, 4) is 0 Å². The third kappa shape index (κ3) is 8.88. The molecule has 4 aromatic rings. The van der Waals surface area contributed by atoms with Crippen molar-refractivity contribution in [2.75, 3.05) is 11.9 Å². The van der Waals surface area contributed by atoms with Gasteiger partial charge in [0, 0.05) is 35.8 Å². The number of alkyl carbamates (subject to hydrolysis) is 1. The number of ether oxygens (including phenoxy) is 1. The van der Waals surface area contributed by atoms with E-state index in [1.807, 2.05) is 36.4 Å². The number of benzene rings is 3. The van der Waals surface area contributed by atoms with Gasteiger partial charge >= 0.3 is 12.1 Å². The number of hydrogen-bond acceptors (Lipinski definition) is 6. The number of para-hydroxylation sites is 1. The van der Waals surface area contributed by atoms with Crippen molar-refractivity contribution in [2.45, 2.75) is 38.3 Å². The van der Waals surface area contributed by atoms with Crippen molar-refractivity contribution in [3.63, 3.8) is 0 Å². The highest BCUT2D eigenvalue weighted by Gasteiger charge is 2.22. The fourth-order valence-corrected chi connectivity index (χ4v) is 4.32. The number of hydrogen-bond donors (Lipinski definition) is 4. The first-order valence-electron chi connectivity index (χ1n) is 13.6. The number of aryl methyl sites for hydroxylation is 1. The first-order valence-corrected chi connectivity index (χ1v) is 13.6. The van der Waals surface area contributed by atoms with Crippen molar-refractivity contribution < 1.29 is 29.0 Å². The Kier molecular flexibility index (Phi) is 10.6. The number of carboxylic acid groups (broad SMARTS) is 1. The lowest BCUT2D eigenvalue weighted by Gasteiger charge is -2.20. The molecular weight excluding hydrogens is 536 g/mol. The SMILES string of the molecule is O=C(O)CCc1ccccc1NC(=O)[C@H](CCCNC(=O)OCc1ccccc1)NC(=O)c1ccc2ncccc2c1. The molecule has 1 atom stereocenters. The Morgan fingerprint density at radius 1 is 0.905 bits per heavy atom. The molecule has 10 nitrogen and oxygen atoms in total. The van der Waals surface area contributed by atoms with Gasteiger partial charge in [-0.1, -0.05) is 54.6 Å². The van der Waals surface area contributed by atoms with E-state index in [-0.39, 0.29) is 32.4 Å². The second-order valence-electron chi connectivity index (χ2n) is 9.61. The molecular formula is C32H32N4O6. The van der Waals surface area contributed by atoms with Crippen LogP contribution >= 0.6 is 0 Å². The first-order chi connectivity index (χ1) is 20.4. The van der Waals surface area contributed by atoms with E-state index >= 15 is 0 Å². The molecule has 1 aromatic heterocycles. The largest absolute Gasteiger partial charge is 0.481 e. The Balaban J connectivity index is 1.40. The molecule has 0 bridgehead atoms. The third-order valence-electron chi connectivity index (χ3n) is 6.52. The molecule has 4 N–H and O–H groups in total. The van der Waals surface area contributed by atoms with Crippen LogP contribution in [0.4, 0.5) is 10.5 Å². The zero-order valence-electron chi connectivity index (χ0n) is 22.9. The van der Waals surface area contributed by atoms with Crippen molar-refractivity contribution >= 4 is 40.5 Å². The molecule has 0 spiro atoms. The molecule has 4 rings (SSSR count). The van der Waals surface area contributed by atoms with E-state index in [4.69, 9.17) is 9.84 Å². The molecule has 0 aliphatic heterocycles. The van der Waals surface area contributed by atoms with Gasteiger partial charge in [0.05, 0.1) is 5.52 Å². The summed E-state index contributed by atoms with van der Waals surface area (Å²) in [4.78, 5) is 54.1. The second kappa shape index (κ2) is 14.9. The molecule has 10 heteroatoms. The lowest BCUT2D eigenvalue weighted by atomic mass is 10.1. The number of aromatic nitrogens is 1. The van der Waals surface area contributed by atoms with Crippen LogP contribution in [-0.2, 0) is 27.4 Å². The van der Waals surface area contributed by atoms with Gasteiger partial charge in [-0.25, -0.2) is 4.79 Å². The van der Waals surface area contributed by atoms with Crippen LogP contribution in [0.1, 0.15) is 40.7 Å². The molecule has 216 valence electrons. The van der Waals surface area contributed by atoms with Gasteiger partial charge < -0.3 is 25.8 Å². The average molecular weight is 569 g/mol. The van der Waals surface area contributed by atoms with E-state index in [0.29, 0.717) is 23.2 Å². The summed E-state index contributed by atoms with van der Waals surface area (Å²) in [6.07, 6.45) is 1.84. The van der Waals surface area contributed by atoms with E-state index in [1.165, 1.54) is 0 Å². The maximum Gasteiger partial charge on any atom is 0.407 e. The monoisotopic (exact) mass is 568 g/mol. The average Bonchev–Trinajstić information content (AvgIpc) is 3.01. The highest BCUT2D eigenvalue weighted by Crippen LogP contribution is 2.18. The van der Waals surface area contributed by atoms with Gasteiger partial charge in [-0.05, 0) is 60.7 Å². The van der Waals surface area contributed by atoms with E-state index < -0.39 is 29.9 Å². The van der Waals surface area contributed by atoms with Crippen LogP contribution in [0.5, 0.6) is 0 Å². The van der Waals surface area contributed by atoms with E-state index in [2.05, 4.69) is 20.9 Å². The van der Waals surface area contributed by atoms with Crippen LogP contribution in [0, 0.1) is 0 Å². The molecule has 0 radical (unpaired) electrons. The molecule has 42 heavy (non-hydrogen) atoms. The van der Waals surface area contributed by atoms with Gasteiger partial charge in [-0.3, -0.25) is 19.4 Å². The number of pyridine rings is 1. The predicted octanol–water partition coefficient (Wildman–Crippen LogP) is 4.70. The Hall–Kier alpha value is -5.25. The molecule has 3 aromatic carbocycles. The van der Waals surface area contributed by atoms with Crippen LogP contribution < -0.4 is 16.0 Å². The fraction of sp³-hybridized carbons (Fsp3) is 0.219. The number of aliphatic carboxylic acids is 1. The summed E-state index contributed by atoms with van der Waals surface area (Å²) in [5.74, 6) is -1.84. The topological polar surface area (TPSA) is 147 Å². The van der Waals surface area contributed by atoms with Gasteiger partial charge in [-0.2, -0.15) is 0 Å². The minimum absolute atomic E-state index is 0.0874. The smallest absolute Gasteiger partial charge is 0.407 e. The minimum Gasteiger partial charge on any atom is -0.481 e. The zero-order valence-corrected chi connectivity index (χ0v) is 22.9. The van der Waals surface area contributed by atoms with E-state index in [9.17, 15) is 19.2 Å². The maximum absolute atomic E-state index is 13.4. The maximum atomic E-state index is 13.4. The van der Waals surface area contributed by atoms with Crippen LogP contribution in [-0.4, -0.2) is 46.6 Å². The third-order valence-corrected chi connectivity index (χ3v) is 6.52. The number of anilines is 1. The van der Waals surface area contributed by atoms with E-state index in [0.717, 1.165) is 16.5 Å². The molecule has 1 heterocycles. The molecule has 0 saturated heterocycles. The summed E-state index contributed by atoms with van der Waals surface area (Å²) in [6.45, 7) is 0.362. The summed E-state index contributed by atoms with van der Waals surface area (Å²) in [6, 6.07) is 24.0. The van der Waals surface area contributed by atoms with Crippen molar-refractivity contribution in [2.24, 2.45) is 0 Å². The zero-order chi connectivity index (χ0) is 29.7. The number of nitrogens with one attached hydrogen (secondary N) is 3. The van der Waals surface area contributed by atoms with Crippen molar-refractivity contribution in [1.82, 2.24) is 15.6 Å². The van der Waals surface area contributed by atoms with Crippen LogP contribution in [0.25, 0.3) is 10.9 Å². The molecule has 0 fully saturated rings. The highest BCUT2D eigenvalue weighted by molar-refractivity contribution is 6.02. The molecule has 0 unspecified atom stereocenters. The number of carbonyl (C=O) groups is 4. The summed E-state index contributed by atoms with van der Waals surface area (Å²) < 4.78 is 5.23. The molecule has 0 aliphatic carbocycles. The van der Waals surface area contributed by atoms with Crippen LogP contribution in [0.2, 0.25) is 0 Å². The summed E-state index contributed by atoms with van der Waals surface area (Å²) in [5.41, 5.74) is 3.12. The van der Waals surface area contributed by atoms with Crippen molar-refractivity contribution in [1.29, 1.82) is 0 Å². The Morgan fingerprint density at radius 2 is 1.69 bits per heavy atom. The molecule has 0 aliphatic rings. The number of amides is 3. The number of carbonyl (C=O) groups excluding carboxylic acids is 3. The van der Waals surface area contributed by atoms with Gasteiger partial charge in [0.2, 0.25) is 5.91 Å². The standard InChI is InChI=1S/C32H32N4O6/c37-29(38)17-15-23-10-4-5-12-27(23)35-31(40)28(13-7-19-34-32(41)42-21-22-8-2-1-3-9-22)36-30(39)25-14-16-26-24(20-25)11-6-18-33-26/h1-6,8-12,14,16,18,20,28H,7,13,15,17,19,21H2,(H,34,41)(H,35,40)(H,36,39)(H,37,38)/t28-/m0/s1. The van der Waals surface area contributed by atoms with Crippen LogP contribution in [0.15, 0.2) is 91.1 Å². The van der Waals surface area contributed by atoms with E-state index in [1.54, 1.807) is 54.7 Å². The Morgan fingerprint density at radius 3 is 2.50 bits per heavy atom. The van der Waals surface area contributed by atoms with Gasteiger partial charge in [0.25, 0.3) is 5.91 Å². The predicted molar refractivity (Wildman–Crippen MR) is 158 cm³/mol. The Labute approximate surface area is 243 Å². The number of fused-ring (bicyclic) bond motifs is 1. The summed E-state index contributed by atoms with van der Waals surface area (Å²) >= 11 is 0. The first kappa shape index (κ1) is 29.7. The normalized spacial score (nSPS) is 11.3. The second-order valence-corrected chi connectivity index (χ2v) is 9.61.